The molecule has 4 rings (SSSR count). The Morgan fingerprint density at radius 2 is 1.81 bits per heavy atom. The number of hydrogen-bond acceptors (Lipinski definition) is 5. The van der Waals surface area contributed by atoms with Crippen molar-refractivity contribution in [2.24, 2.45) is 4.99 Å². The van der Waals surface area contributed by atoms with Crippen molar-refractivity contribution < 1.29 is 19.0 Å². The molecule has 3 aromatic rings. The Morgan fingerprint density at radius 3 is 2.55 bits per heavy atom. The van der Waals surface area contributed by atoms with E-state index in [9.17, 15) is 4.79 Å². The molecule has 5 nitrogen and oxygen atoms in total. The summed E-state index contributed by atoms with van der Waals surface area (Å²) in [6.45, 7) is 2.33. The van der Waals surface area contributed by atoms with E-state index in [0.717, 1.165) is 21.2 Å². The standard InChI is InChI=1S/C25H20BrNO4/c1-16-10-12-17(13-11-16)24-27-21(25(28)31-24)14-18-7-5-9-22(29-2)23(18)30-15-19-6-3-4-8-20(19)26/h3-14H,15H2,1-2H3/b21-14-. The number of aryl methyl sites for hydroxylation is 1. The van der Waals surface area contributed by atoms with Crippen LogP contribution in [0.3, 0.4) is 0 Å². The first-order valence-corrected chi connectivity index (χ1v) is 10.5. The molecule has 1 aliphatic heterocycles. The van der Waals surface area contributed by atoms with Gasteiger partial charge in [-0.1, -0.05) is 64.0 Å². The minimum absolute atomic E-state index is 0.203. The van der Waals surface area contributed by atoms with Crippen LogP contribution >= 0.6 is 15.9 Å². The molecule has 0 radical (unpaired) electrons. The number of halogens is 1. The number of esters is 1. The second kappa shape index (κ2) is 9.18. The molecule has 0 bridgehead atoms. The number of cyclic esters (lactones) is 1. The number of carbonyl (C=O) groups excluding carboxylic acids is 1. The van der Waals surface area contributed by atoms with Gasteiger partial charge in [0.25, 0.3) is 0 Å². The molecule has 0 spiro atoms. The largest absolute Gasteiger partial charge is 0.493 e. The van der Waals surface area contributed by atoms with Gasteiger partial charge in [-0.3, -0.25) is 0 Å². The van der Waals surface area contributed by atoms with Gasteiger partial charge in [0.05, 0.1) is 7.11 Å². The van der Waals surface area contributed by atoms with Crippen molar-refractivity contribution in [3.05, 3.63) is 99.2 Å². The van der Waals surface area contributed by atoms with Crippen molar-refractivity contribution in [2.75, 3.05) is 7.11 Å². The van der Waals surface area contributed by atoms with E-state index in [4.69, 9.17) is 14.2 Å². The van der Waals surface area contributed by atoms with Gasteiger partial charge in [0.2, 0.25) is 5.90 Å². The van der Waals surface area contributed by atoms with E-state index < -0.39 is 5.97 Å². The van der Waals surface area contributed by atoms with Gasteiger partial charge in [-0.05, 0) is 37.3 Å². The molecule has 0 aliphatic carbocycles. The van der Waals surface area contributed by atoms with Gasteiger partial charge in [0.15, 0.2) is 17.2 Å². The number of carbonyl (C=O) groups is 1. The molecule has 0 N–H and O–H groups in total. The van der Waals surface area contributed by atoms with Crippen LogP contribution in [0.2, 0.25) is 0 Å². The van der Waals surface area contributed by atoms with E-state index in [2.05, 4.69) is 20.9 Å². The summed E-state index contributed by atoms with van der Waals surface area (Å²) in [6, 6.07) is 21.0. The molecule has 0 atom stereocenters. The molecule has 156 valence electrons. The highest BCUT2D eigenvalue weighted by Gasteiger charge is 2.25. The van der Waals surface area contributed by atoms with Crippen LogP contribution in [0, 0.1) is 6.92 Å². The summed E-state index contributed by atoms with van der Waals surface area (Å²) < 4.78 is 17.9. The Kier molecular flexibility index (Phi) is 6.18. The highest BCUT2D eigenvalue weighted by molar-refractivity contribution is 9.10. The van der Waals surface area contributed by atoms with Gasteiger partial charge in [0, 0.05) is 21.2 Å². The fourth-order valence-corrected chi connectivity index (χ4v) is 3.50. The molecule has 3 aromatic carbocycles. The highest BCUT2D eigenvalue weighted by Crippen LogP contribution is 2.34. The second-order valence-electron chi connectivity index (χ2n) is 6.96. The van der Waals surface area contributed by atoms with Crippen LogP contribution in [0.4, 0.5) is 0 Å². The van der Waals surface area contributed by atoms with Crippen molar-refractivity contribution in [3.63, 3.8) is 0 Å². The van der Waals surface area contributed by atoms with Gasteiger partial charge in [0.1, 0.15) is 6.61 Å². The lowest BCUT2D eigenvalue weighted by Gasteiger charge is -2.14. The van der Waals surface area contributed by atoms with E-state index >= 15 is 0 Å². The van der Waals surface area contributed by atoms with Crippen LogP contribution < -0.4 is 9.47 Å². The van der Waals surface area contributed by atoms with Crippen molar-refractivity contribution >= 4 is 33.9 Å². The normalized spacial score (nSPS) is 14.4. The zero-order valence-electron chi connectivity index (χ0n) is 17.1. The summed E-state index contributed by atoms with van der Waals surface area (Å²) in [4.78, 5) is 16.8. The molecule has 0 fully saturated rings. The summed E-state index contributed by atoms with van der Waals surface area (Å²) >= 11 is 3.53. The van der Waals surface area contributed by atoms with Crippen LogP contribution in [0.25, 0.3) is 6.08 Å². The molecule has 6 heteroatoms. The number of methoxy groups -OCH3 is 1. The SMILES string of the molecule is COc1cccc(/C=C2\N=C(c3ccc(C)cc3)OC2=O)c1OCc1ccccc1Br. The number of ether oxygens (including phenoxy) is 3. The van der Waals surface area contributed by atoms with Gasteiger partial charge in [-0.15, -0.1) is 0 Å². The quantitative estimate of drug-likeness (QED) is 0.338. The van der Waals surface area contributed by atoms with E-state index in [1.54, 1.807) is 13.2 Å². The van der Waals surface area contributed by atoms with Crippen molar-refractivity contribution in [1.82, 2.24) is 0 Å². The summed E-state index contributed by atoms with van der Waals surface area (Å²) in [7, 11) is 1.58. The monoisotopic (exact) mass is 477 g/mol. The zero-order chi connectivity index (χ0) is 21.8. The molecule has 0 saturated heterocycles. The van der Waals surface area contributed by atoms with Gasteiger partial charge < -0.3 is 14.2 Å². The number of aliphatic imine (C=N–C) groups is 1. The van der Waals surface area contributed by atoms with Crippen LogP contribution in [-0.4, -0.2) is 19.0 Å². The maximum atomic E-state index is 12.4. The average Bonchev–Trinajstić information content (AvgIpc) is 3.14. The molecular formula is C25H20BrNO4. The topological polar surface area (TPSA) is 57.1 Å². The Balaban J connectivity index is 1.66. The first-order valence-electron chi connectivity index (χ1n) is 9.68. The van der Waals surface area contributed by atoms with Crippen molar-refractivity contribution in [1.29, 1.82) is 0 Å². The first-order chi connectivity index (χ1) is 15.0. The third kappa shape index (κ3) is 4.70. The number of benzene rings is 3. The lowest BCUT2D eigenvalue weighted by molar-refractivity contribution is -0.129. The smallest absolute Gasteiger partial charge is 0.363 e. The minimum atomic E-state index is -0.504. The molecule has 31 heavy (non-hydrogen) atoms. The predicted molar refractivity (Wildman–Crippen MR) is 123 cm³/mol. The highest BCUT2D eigenvalue weighted by atomic mass is 79.9. The average molecular weight is 478 g/mol. The Hall–Kier alpha value is -3.38. The maximum Gasteiger partial charge on any atom is 0.363 e. The first kappa shape index (κ1) is 20.9. The van der Waals surface area contributed by atoms with Crippen LogP contribution in [0.15, 0.2) is 81.9 Å². The molecule has 1 heterocycles. The summed E-state index contributed by atoms with van der Waals surface area (Å²) in [5, 5.41) is 0. The zero-order valence-corrected chi connectivity index (χ0v) is 18.7. The molecule has 0 aromatic heterocycles. The molecule has 0 unspecified atom stereocenters. The number of rotatable bonds is 6. The predicted octanol–water partition coefficient (Wildman–Crippen LogP) is 5.69. The lowest BCUT2D eigenvalue weighted by Crippen LogP contribution is -2.05. The fraction of sp³-hybridized carbons (Fsp3) is 0.120. The Bertz CT molecular complexity index is 1180. The third-order valence-corrected chi connectivity index (χ3v) is 5.54. The Morgan fingerprint density at radius 1 is 1.03 bits per heavy atom. The van der Waals surface area contributed by atoms with Gasteiger partial charge in [-0.2, -0.15) is 0 Å². The van der Waals surface area contributed by atoms with Crippen molar-refractivity contribution in [2.45, 2.75) is 13.5 Å². The molecular weight excluding hydrogens is 458 g/mol. The number of para-hydroxylation sites is 1. The number of nitrogens with zero attached hydrogens (tertiary/aromatic N) is 1. The third-order valence-electron chi connectivity index (χ3n) is 4.77. The lowest BCUT2D eigenvalue weighted by atomic mass is 10.1. The Labute approximate surface area is 189 Å². The van der Waals surface area contributed by atoms with E-state index in [-0.39, 0.29) is 11.6 Å². The minimum Gasteiger partial charge on any atom is -0.493 e. The van der Waals surface area contributed by atoms with Crippen molar-refractivity contribution in [3.8, 4) is 11.5 Å². The van der Waals surface area contributed by atoms with Gasteiger partial charge in [-0.25, -0.2) is 9.79 Å². The van der Waals surface area contributed by atoms with E-state index in [1.807, 2.05) is 73.7 Å². The molecule has 0 saturated carbocycles. The molecule has 0 amide bonds. The van der Waals surface area contributed by atoms with Crippen LogP contribution in [0.5, 0.6) is 11.5 Å². The van der Waals surface area contributed by atoms with Crippen LogP contribution in [0.1, 0.15) is 22.3 Å². The maximum absolute atomic E-state index is 12.4. The van der Waals surface area contributed by atoms with Gasteiger partial charge >= 0.3 is 5.97 Å². The summed E-state index contributed by atoms with van der Waals surface area (Å²) in [5.74, 6) is 0.875. The fourth-order valence-electron chi connectivity index (χ4n) is 3.10. The van der Waals surface area contributed by atoms with E-state index in [0.29, 0.717) is 23.7 Å². The summed E-state index contributed by atoms with van der Waals surface area (Å²) in [6.07, 6.45) is 1.65. The van der Waals surface area contributed by atoms with Crippen LogP contribution in [-0.2, 0) is 16.1 Å². The second-order valence-corrected chi connectivity index (χ2v) is 7.82. The summed E-state index contributed by atoms with van der Waals surface area (Å²) in [5.41, 5.74) is 3.74. The molecule has 1 aliphatic rings. The van der Waals surface area contributed by atoms with E-state index in [1.165, 1.54) is 0 Å². The number of hydrogen-bond donors (Lipinski definition) is 0.